The molecule has 2 rings (SSSR count). The second-order valence-corrected chi connectivity index (χ2v) is 10.4. The Morgan fingerprint density at radius 3 is 2.36 bits per heavy atom. The highest BCUT2D eigenvalue weighted by atomic mass is 35.5. The lowest BCUT2D eigenvalue weighted by molar-refractivity contribution is 0.0740. The summed E-state index contributed by atoms with van der Waals surface area (Å²) in [5.74, 6) is -0.200. The molecule has 0 spiro atoms. The van der Waals surface area contributed by atoms with Gasteiger partial charge >= 0.3 is 0 Å². The van der Waals surface area contributed by atoms with Crippen LogP contribution >= 0.6 is 12.4 Å². The van der Waals surface area contributed by atoms with E-state index in [1.54, 1.807) is 37.2 Å². The fourth-order valence-corrected chi connectivity index (χ4v) is 5.06. The number of carbonyl (C=O) groups is 1. The van der Waals surface area contributed by atoms with Crippen LogP contribution in [0.2, 0.25) is 0 Å². The van der Waals surface area contributed by atoms with Crippen molar-refractivity contribution in [3.63, 3.8) is 0 Å². The normalized spacial score (nSPS) is 15.9. The van der Waals surface area contributed by atoms with E-state index in [2.05, 4.69) is 0 Å². The maximum Gasteiger partial charge on any atom is 0.253 e. The van der Waals surface area contributed by atoms with Crippen molar-refractivity contribution in [3.05, 3.63) is 29.8 Å². The summed E-state index contributed by atoms with van der Waals surface area (Å²) in [6, 6.07) is 6.39. The molecule has 1 amide bonds. The lowest BCUT2D eigenvalue weighted by atomic mass is 9.93. The predicted octanol–water partition coefficient (Wildman–Crippen LogP) is 3.12. The Balaban J connectivity index is 0.00000392. The number of carbonyl (C=O) groups excluding carboxylic acids is 1. The lowest BCUT2D eigenvalue weighted by Gasteiger charge is -2.31. The van der Waals surface area contributed by atoms with Gasteiger partial charge in [-0.15, -0.1) is 12.4 Å². The van der Waals surface area contributed by atoms with E-state index in [1.807, 2.05) is 13.8 Å². The van der Waals surface area contributed by atoms with Crippen LogP contribution in [0.4, 0.5) is 0 Å². The van der Waals surface area contributed by atoms with Gasteiger partial charge in [0.25, 0.3) is 5.91 Å². The van der Waals surface area contributed by atoms with Crippen molar-refractivity contribution in [1.29, 1.82) is 0 Å². The zero-order valence-corrected chi connectivity index (χ0v) is 19.0. The molecule has 0 atom stereocenters. The molecular weight excluding hydrogens is 398 g/mol. The minimum Gasteiger partial charge on any atom is -0.341 e. The third kappa shape index (κ3) is 5.92. The number of halogens is 1. The van der Waals surface area contributed by atoms with E-state index in [9.17, 15) is 13.2 Å². The van der Waals surface area contributed by atoms with Gasteiger partial charge in [0.1, 0.15) is 0 Å². The summed E-state index contributed by atoms with van der Waals surface area (Å²) in [6.45, 7) is 4.96. The zero-order chi connectivity index (χ0) is 20.2. The van der Waals surface area contributed by atoms with Gasteiger partial charge in [-0.2, -0.15) is 4.31 Å². The number of hydrogen-bond acceptors (Lipinski definition) is 4. The molecule has 1 fully saturated rings. The second kappa shape index (κ2) is 10.1. The fraction of sp³-hybridized carbons (Fsp3) is 0.650. The van der Waals surface area contributed by atoms with Gasteiger partial charge in [-0.25, -0.2) is 8.42 Å². The summed E-state index contributed by atoms with van der Waals surface area (Å²) in [5.41, 5.74) is 5.94. The number of nitrogens with two attached hydrogens (primary N) is 1. The third-order valence-corrected chi connectivity index (χ3v) is 7.32. The number of benzene rings is 1. The second-order valence-electron chi connectivity index (χ2n) is 8.37. The minimum atomic E-state index is -3.62. The van der Waals surface area contributed by atoms with Gasteiger partial charge < -0.3 is 10.6 Å². The van der Waals surface area contributed by atoms with E-state index in [0.717, 1.165) is 25.7 Å². The number of amides is 1. The number of nitrogens with zero attached hydrogens (tertiary/aromatic N) is 2. The highest BCUT2D eigenvalue weighted by Gasteiger charge is 2.30. The van der Waals surface area contributed by atoms with Crippen molar-refractivity contribution in [2.45, 2.75) is 56.9 Å². The van der Waals surface area contributed by atoms with E-state index in [4.69, 9.17) is 5.73 Å². The molecule has 1 aromatic carbocycles. The Morgan fingerprint density at radius 2 is 1.79 bits per heavy atom. The first-order chi connectivity index (χ1) is 12.6. The number of hydrogen-bond donors (Lipinski definition) is 1. The van der Waals surface area contributed by atoms with Gasteiger partial charge in [0.05, 0.1) is 4.90 Å². The number of rotatable bonds is 7. The van der Waals surface area contributed by atoms with Gasteiger partial charge in [-0.3, -0.25) is 4.79 Å². The maximum atomic E-state index is 13.0. The minimum absolute atomic E-state index is 0. The summed E-state index contributed by atoms with van der Waals surface area (Å²) >= 11 is 0. The highest BCUT2D eigenvalue weighted by molar-refractivity contribution is 7.89. The summed E-state index contributed by atoms with van der Waals surface area (Å²) < 4.78 is 27.6. The molecule has 0 unspecified atom stereocenters. The smallest absolute Gasteiger partial charge is 0.253 e. The summed E-state index contributed by atoms with van der Waals surface area (Å²) in [4.78, 5) is 14.5. The van der Waals surface area contributed by atoms with Crippen LogP contribution in [0.5, 0.6) is 0 Å². The first kappa shape index (κ1) is 24.9. The lowest BCUT2D eigenvalue weighted by Crippen LogP contribution is -2.40. The largest absolute Gasteiger partial charge is 0.341 e. The zero-order valence-electron chi connectivity index (χ0n) is 17.3. The van der Waals surface area contributed by atoms with Crippen molar-refractivity contribution >= 4 is 28.3 Å². The van der Waals surface area contributed by atoms with Gasteiger partial charge in [0.2, 0.25) is 10.0 Å². The molecule has 28 heavy (non-hydrogen) atoms. The Hall–Kier alpha value is -1.15. The molecule has 1 aromatic rings. The fourth-order valence-electron chi connectivity index (χ4n) is 3.60. The SMILES string of the molecule is CN(CC(C)(C)CN)C(=O)c1cccc(S(=O)(=O)N(C)C2CCCCC2)c1.Cl. The van der Waals surface area contributed by atoms with Crippen LogP contribution in [-0.4, -0.2) is 56.8 Å². The quantitative estimate of drug-likeness (QED) is 0.718. The summed E-state index contributed by atoms with van der Waals surface area (Å²) in [6.07, 6.45) is 5.08. The van der Waals surface area contributed by atoms with Gasteiger partial charge in [-0.1, -0.05) is 39.2 Å². The molecule has 160 valence electrons. The Labute approximate surface area is 175 Å². The van der Waals surface area contributed by atoms with Crippen LogP contribution in [0.3, 0.4) is 0 Å². The van der Waals surface area contributed by atoms with Crippen molar-refractivity contribution in [2.24, 2.45) is 11.1 Å². The van der Waals surface area contributed by atoms with Crippen LogP contribution in [0.1, 0.15) is 56.3 Å². The molecular formula is C20H34ClN3O3S. The maximum absolute atomic E-state index is 13.0. The first-order valence-corrected chi connectivity index (χ1v) is 11.1. The van der Waals surface area contributed by atoms with Gasteiger partial charge in [0.15, 0.2) is 0 Å². The molecule has 0 radical (unpaired) electrons. The van der Waals surface area contributed by atoms with Gasteiger partial charge in [-0.05, 0) is 43.0 Å². The van der Waals surface area contributed by atoms with E-state index < -0.39 is 10.0 Å². The third-order valence-electron chi connectivity index (χ3n) is 5.41. The molecule has 2 N–H and O–H groups in total. The molecule has 8 heteroatoms. The van der Waals surface area contributed by atoms with Crippen LogP contribution < -0.4 is 5.73 Å². The van der Waals surface area contributed by atoms with Crippen molar-refractivity contribution in [3.8, 4) is 0 Å². The molecule has 1 aliphatic carbocycles. The Bertz CT molecular complexity index is 762. The van der Waals surface area contributed by atoms with Crippen molar-refractivity contribution in [2.75, 3.05) is 27.2 Å². The molecule has 1 aliphatic rings. The van der Waals surface area contributed by atoms with Crippen LogP contribution in [0.15, 0.2) is 29.2 Å². The molecule has 6 nitrogen and oxygen atoms in total. The Kier molecular flexibility index (Phi) is 8.93. The van der Waals surface area contributed by atoms with Gasteiger partial charge in [0, 0.05) is 32.2 Å². The predicted molar refractivity (Wildman–Crippen MR) is 115 cm³/mol. The molecule has 0 heterocycles. The van der Waals surface area contributed by atoms with E-state index in [-0.39, 0.29) is 34.7 Å². The molecule has 0 aromatic heterocycles. The number of sulfonamides is 1. The van der Waals surface area contributed by atoms with Crippen molar-refractivity contribution in [1.82, 2.24) is 9.21 Å². The van der Waals surface area contributed by atoms with E-state index >= 15 is 0 Å². The standard InChI is InChI=1S/C20H33N3O3S.ClH/c1-20(2,14-21)15-22(3)19(24)16-9-8-12-18(13-16)27(25,26)23(4)17-10-6-5-7-11-17;/h8-9,12-13,17H,5-7,10-11,14-15,21H2,1-4H3;1H. The molecule has 0 aliphatic heterocycles. The van der Waals surface area contributed by atoms with Crippen LogP contribution in [-0.2, 0) is 10.0 Å². The van der Waals surface area contributed by atoms with Crippen molar-refractivity contribution < 1.29 is 13.2 Å². The first-order valence-electron chi connectivity index (χ1n) is 9.62. The summed E-state index contributed by atoms with van der Waals surface area (Å²) in [7, 11) is -0.252. The Morgan fingerprint density at radius 1 is 1.18 bits per heavy atom. The van der Waals surface area contributed by atoms with E-state index in [1.165, 1.54) is 16.8 Å². The van der Waals surface area contributed by atoms with E-state index in [0.29, 0.717) is 18.7 Å². The summed E-state index contributed by atoms with van der Waals surface area (Å²) in [5, 5.41) is 0. The molecule has 1 saturated carbocycles. The topological polar surface area (TPSA) is 83.7 Å². The monoisotopic (exact) mass is 431 g/mol. The average molecular weight is 432 g/mol. The van der Waals surface area contributed by atoms with Crippen LogP contribution in [0, 0.1) is 5.41 Å². The average Bonchev–Trinajstić information content (AvgIpc) is 2.67. The highest BCUT2D eigenvalue weighted by Crippen LogP contribution is 2.27. The van der Waals surface area contributed by atoms with Crippen LogP contribution in [0.25, 0.3) is 0 Å². The molecule has 0 bridgehead atoms. The molecule has 0 saturated heterocycles.